The molecule has 5 rings (SSSR count). The topological polar surface area (TPSA) is 92.1 Å². The number of amides is 2. The molecule has 1 fully saturated rings. The predicted octanol–water partition coefficient (Wildman–Crippen LogP) is 6.70. The summed E-state index contributed by atoms with van der Waals surface area (Å²) in [5.41, 5.74) is 1.84. The number of nitrogens with one attached hydrogen (secondary N) is 1. The highest BCUT2D eigenvalue weighted by Crippen LogP contribution is 2.33. The number of fused-ring (bicyclic) bond motifs is 1. The highest BCUT2D eigenvalue weighted by atomic mass is 35.5. The molecule has 1 aromatic heterocycles. The first-order valence-electron chi connectivity index (χ1n) is 14.4. The Labute approximate surface area is 255 Å². The van der Waals surface area contributed by atoms with Gasteiger partial charge in [-0.2, -0.15) is 0 Å². The largest absolute Gasteiger partial charge is 0.463 e. The molecule has 2 aromatic carbocycles. The standard InChI is InChI=1S/C32H35Cl2N3O5/c1-3-41-31(39)27-20(2)37(13-7-10-21-11-14-36(15-12-21)18-22-8-5-4-6-9-22)32(40)35-28(27)25-19-42-30-24(29(25)38)16-23(33)17-26(30)34/h4-6,8-9,16-17,19,21,28H,3,7,10-15,18H2,1-2H3,(H,35,40). The van der Waals surface area contributed by atoms with Gasteiger partial charge in [-0.15, -0.1) is 0 Å². The van der Waals surface area contributed by atoms with Gasteiger partial charge < -0.3 is 14.5 Å². The van der Waals surface area contributed by atoms with Crippen LogP contribution in [0.2, 0.25) is 10.0 Å². The molecule has 0 radical (unpaired) electrons. The fraction of sp³-hybridized carbons (Fsp3) is 0.406. The maximum atomic E-state index is 13.5. The Morgan fingerprint density at radius 1 is 1.12 bits per heavy atom. The Morgan fingerprint density at radius 3 is 2.57 bits per heavy atom. The Balaban J connectivity index is 1.29. The third-order valence-corrected chi connectivity index (χ3v) is 8.67. The van der Waals surface area contributed by atoms with Gasteiger partial charge in [0.05, 0.1) is 34.2 Å². The molecule has 0 saturated carbocycles. The zero-order valence-corrected chi connectivity index (χ0v) is 25.3. The second kappa shape index (κ2) is 13.3. The average Bonchev–Trinajstić information content (AvgIpc) is 2.96. The first kappa shape index (κ1) is 30.1. The molecule has 10 heteroatoms. The quantitative estimate of drug-likeness (QED) is 0.271. The third kappa shape index (κ3) is 6.51. The fourth-order valence-electron chi connectivity index (χ4n) is 5.95. The summed E-state index contributed by atoms with van der Waals surface area (Å²) < 4.78 is 11.0. The van der Waals surface area contributed by atoms with Gasteiger partial charge in [-0.25, -0.2) is 9.59 Å². The number of hydrogen-bond donors (Lipinski definition) is 1. The molecule has 2 amide bonds. The molecular weight excluding hydrogens is 577 g/mol. The van der Waals surface area contributed by atoms with Crippen molar-refractivity contribution in [2.75, 3.05) is 26.2 Å². The van der Waals surface area contributed by atoms with Crippen molar-refractivity contribution in [2.24, 2.45) is 5.92 Å². The lowest BCUT2D eigenvalue weighted by Crippen LogP contribution is -2.49. The second-order valence-electron chi connectivity index (χ2n) is 10.9. The summed E-state index contributed by atoms with van der Waals surface area (Å²) in [6, 6.07) is 12.0. The summed E-state index contributed by atoms with van der Waals surface area (Å²) >= 11 is 12.4. The van der Waals surface area contributed by atoms with Gasteiger partial charge in [0.2, 0.25) is 0 Å². The number of benzene rings is 2. The third-order valence-electron chi connectivity index (χ3n) is 8.17. The van der Waals surface area contributed by atoms with Crippen molar-refractivity contribution in [3.63, 3.8) is 0 Å². The van der Waals surface area contributed by atoms with Crippen molar-refractivity contribution in [3.05, 3.63) is 91.4 Å². The molecule has 0 bridgehead atoms. The number of esters is 1. The number of ether oxygens (including phenoxy) is 1. The summed E-state index contributed by atoms with van der Waals surface area (Å²) in [5.74, 6) is -0.00766. The van der Waals surface area contributed by atoms with E-state index in [1.54, 1.807) is 18.7 Å². The van der Waals surface area contributed by atoms with Crippen LogP contribution >= 0.6 is 23.2 Å². The van der Waals surface area contributed by atoms with Crippen molar-refractivity contribution in [2.45, 2.75) is 52.1 Å². The molecule has 2 aliphatic heterocycles. The van der Waals surface area contributed by atoms with E-state index < -0.39 is 17.4 Å². The van der Waals surface area contributed by atoms with E-state index >= 15 is 0 Å². The van der Waals surface area contributed by atoms with Crippen LogP contribution in [0.25, 0.3) is 11.0 Å². The molecule has 0 spiro atoms. The number of carbonyl (C=O) groups is 2. The average molecular weight is 613 g/mol. The second-order valence-corrected chi connectivity index (χ2v) is 11.7. The predicted molar refractivity (Wildman–Crippen MR) is 163 cm³/mol. The number of halogens is 2. The van der Waals surface area contributed by atoms with Gasteiger partial charge in [0.25, 0.3) is 0 Å². The number of carbonyl (C=O) groups excluding carboxylic acids is 2. The van der Waals surface area contributed by atoms with Gasteiger partial charge >= 0.3 is 12.0 Å². The number of hydrogen-bond acceptors (Lipinski definition) is 6. The van der Waals surface area contributed by atoms with Crippen molar-refractivity contribution in [3.8, 4) is 0 Å². The molecule has 3 heterocycles. The Kier molecular flexibility index (Phi) is 9.56. The van der Waals surface area contributed by atoms with E-state index in [1.807, 2.05) is 6.07 Å². The van der Waals surface area contributed by atoms with E-state index in [1.165, 1.54) is 24.0 Å². The first-order valence-corrected chi connectivity index (χ1v) is 15.1. The van der Waals surface area contributed by atoms with Crippen LogP contribution in [-0.2, 0) is 16.1 Å². The molecule has 1 atom stereocenters. The van der Waals surface area contributed by atoms with Crippen molar-refractivity contribution >= 4 is 46.2 Å². The SMILES string of the molecule is CCOC(=O)C1=C(C)N(CCCC2CCN(Cc3ccccc3)CC2)C(=O)NC1c1coc2c(Cl)cc(Cl)cc2c1=O. The maximum absolute atomic E-state index is 13.5. The minimum atomic E-state index is -1.04. The van der Waals surface area contributed by atoms with Crippen LogP contribution in [0.4, 0.5) is 4.79 Å². The molecule has 42 heavy (non-hydrogen) atoms. The lowest BCUT2D eigenvalue weighted by molar-refractivity contribution is -0.139. The Hall–Kier alpha value is -3.33. The lowest BCUT2D eigenvalue weighted by Gasteiger charge is -2.36. The van der Waals surface area contributed by atoms with Gasteiger partial charge in [-0.3, -0.25) is 14.6 Å². The monoisotopic (exact) mass is 611 g/mol. The van der Waals surface area contributed by atoms with Crippen molar-refractivity contribution in [1.29, 1.82) is 0 Å². The number of piperidine rings is 1. The van der Waals surface area contributed by atoms with Crippen LogP contribution in [0.15, 0.2) is 69.2 Å². The number of nitrogens with zero attached hydrogens (tertiary/aromatic N) is 2. The summed E-state index contributed by atoms with van der Waals surface area (Å²) in [4.78, 5) is 44.1. The molecule has 1 saturated heterocycles. The number of rotatable bonds is 9. The molecule has 0 aliphatic carbocycles. The van der Waals surface area contributed by atoms with E-state index in [-0.39, 0.29) is 44.8 Å². The highest BCUT2D eigenvalue weighted by molar-refractivity contribution is 6.38. The molecule has 1 unspecified atom stereocenters. The molecule has 2 aliphatic rings. The number of likely N-dealkylation sites (tertiary alicyclic amines) is 1. The van der Waals surface area contributed by atoms with Crippen LogP contribution < -0.4 is 10.7 Å². The summed E-state index contributed by atoms with van der Waals surface area (Å²) in [6.07, 6.45) is 5.27. The van der Waals surface area contributed by atoms with E-state index in [4.69, 9.17) is 32.4 Å². The van der Waals surface area contributed by atoms with Crippen LogP contribution in [0, 0.1) is 5.92 Å². The van der Waals surface area contributed by atoms with Gasteiger partial charge in [0.1, 0.15) is 6.26 Å². The van der Waals surface area contributed by atoms with Gasteiger partial charge in [-0.05, 0) is 76.2 Å². The van der Waals surface area contributed by atoms with Gasteiger partial charge in [0.15, 0.2) is 11.0 Å². The van der Waals surface area contributed by atoms with Crippen molar-refractivity contribution in [1.82, 2.24) is 15.1 Å². The molecule has 222 valence electrons. The summed E-state index contributed by atoms with van der Waals surface area (Å²) in [7, 11) is 0. The zero-order valence-electron chi connectivity index (χ0n) is 23.8. The Morgan fingerprint density at radius 2 is 1.86 bits per heavy atom. The number of allylic oxidation sites excluding steroid dienone is 1. The molecule has 8 nitrogen and oxygen atoms in total. The molecular formula is C32H35Cl2N3O5. The highest BCUT2D eigenvalue weighted by Gasteiger charge is 2.38. The minimum absolute atomic E-state index is 0.0958. The van der Waals surface area contributed by atoms with Gasteiger partial charge in [0, 0.05) is 23.8 Å². The van der Waals surface area contributed by atoms with E-state index in [2.05, 4.69) is 34.5 Å². The number of urea groups is 1. The smallest absolute Gasteiger partial charge is 0.338 e. The summed E-state index contributed by atoms with van der Waals surface area (Å²) in [6.45, 7) is 7.12. The zero-order chi connectivity index (χ0) is 29.8. The van der Waals surface area contributed by atoms with Crippen LogP contribution in [0.1, 0.15) is 56.7 Å². The van der Waals surface area contributed by atoms with Gasteiger partial charge in [-0.1, -0.05) is 53.5 Å². The van der Waals surface area contributed by atoms with Crippen LogP contribution in [-0.4, -0.2) is 48.0 Å². The normalized spacial score (nSPS) is 18.4. The first-order chi connectivity index (χ1) is 20.3. The molecule has 1 N–H and O–H groups in total. The fourth-order valence-corrected chi connectivity index (χ4v) is 6.49. The van der Waals surface area contributed by atoms with E-state index in [9.17, 15) is 14.4 Å². The molecule has 3 aromatic rings. The lowest BCUT2D eigenvalue weighted by atomic mass is 9.91. The van der Waals surface area contributed by atoms with Crippen molar-refractivity contribution < 1.29 is 18.7 Å². The minimum Gasteiger partial charge on any atom is -0.463 e. The maximum Gasteiger partial charge on any atom is 0.338 e. The van der Waals surface area contributed by atoms with E-state index in [0.29, 0.717) is 18.2 Å². The van der Waals surface area contributed by atoms with Crippen LogP contribution in [0.5, 0.6) is 0 Å². The Bertz CT molecular complexity index is 1550. The van der Waals surface area contributed by atoms with E-state index in [0.717, 1.165) is 45.3 Å². The summed E-state index contributed by atoms with van der Waals surface area (Å²) in [5, 5.41) is 3.48. The van der Waals surface area contributed by atoms with Crippen LogP contribution in [0.3, 0.4) is 0 Å².